The molecule has 19 aromatic rings. The number of benzene rings is 15. The maximum Gasteiger partial charge on any atom is 0.175 e. The Kier molecular flexibility index (Phi) is 14.4. The fourth-order valence-corrected chi connectivity index (χ4v) is 22.2. The van der Waals surface area contributed by atoms with Crippen LogP contribution in [0.4, 0.5) is 17.1 Å². The van der Waals surface area contributed by atoms with Crippen molar-refractivity contribution in [3.63, 3.8) is 0 Å². The first-order chi connectivity index (χ1) is 51.1. The molecule has 4 aromatic heterocycles. The highest BCUT2D eigenvalue weighted by Gasteiger charge is 2.43. The lowest BCUT2D eigenvalue weighted by atomic mass is 10.0. The molecule has 0 aliphatic heterocycles. The van der Waals surface area contributed by atoms with Gasteiger partial charge in [-0.15, -0.1) is 0 Å². The molecule has 0 saturated carbocycles. The van der Waals surface area contributed by atoms with Gasteiger partial charge in [0.1, 0.15) is 0 Å². The van der Waals surface area contributed by atoms with Crippen LogP contribution in [-0.2, 0) is 0 Å². The Morgan fingerprint density at radius 3 is 1.00 bits per heavy atom. The van der Waals surface area contributed by atoms with Gasteiger partial charge in [0.2, 0.25) is 0 Å². The first kappa shape index (κ1) is 59.9. The second-order valence-electron chi connectivity index (χ2n) is 27.3. The van der Waals surface area contributed by atoms with Gasteiger partial charge in [0.25, 0.3) is 0 Å². The number of para-hydroxylation sites is 8. The predicted octanol–water partition coefficient (Wildman–Crippen LogP) is 23.0. The number of allylic oxidation sites excluding steroid dienone is 2. The number of hydrogen-bond acceptors (Lipinski definition) is 2. The Balaban J connectivity index is 0.695. The Morgan fingerprint density at radius 2 is 0.612 bits per heavy atom. The van der Waals surface area contributed by atoms with E-state index in [2.05, 4.69) is 394 Å². The van der Waals surface area contributed by atoms with Crippen molar-refractivity contribution in [3.05, 3.63) is 375 Å². The van der Waals surface area contributed by atoms with Crippen molar-refractivity contribution in [1.82, 2.24) is 18.3 Å². The predicted molar refractivity (Wildman–Crippen MR) is 437 cm³/mol. The van der Waals surface area contributed by atoms with Crippen LogP contribution in [0.2, 0.25) is 0 Å². The number of anilines is 2. The first-order valence-corrected chi connectivity index (χ1v) is 37.8. The maximum atomic E-state index is 5.80. The number of hydrogen-bond donors (Lipinski definition) is 1. The molecule has 6 nitrogen and oxygen atoms in total. The number of nitrogens with zero attached hydrogens (tertiary/aromatic N) is 5. The van der Waals surface area contributed by atoms with Crippen LogP contribution in [0.25, 0.3) is 132 Å². The van der Waals surface area contributed by atoms with Gasteiger partial charge in [0, 0.05) is 100 Å². The summed E-state index contributed by atoms with van der Waals surface area (Å²) in [5.74, 6) is 0. The van der Waals surface area contributed by atoms with E-state index in [1.807, 2.05) is 0 Å². The molecule has 0 atom stereocenters. The van der Waals surface area contributed by atoms with Crippen LogP contribution in [0.3, 0.4) is 0 Å². The van der Waals surface area contributed by atoms with Gasteiger partial charge in [-0.1, -0.05) is 254 Å². The highest BCUT2D eigenvalue weighted by Crippen LogP contribution is 2.43. The second kappa shape index (κ2) is 24.7. The summed E-state index contributed by atoms with van der Waals surface area (Å²) in [6.45, 7) is 0. The molecule has 0 bridgehead atoms. The van der Waals surface area contributed by atoms with Crippen LogP contribution >= 0.6 is 0 Å². The average Bonchev–Trinajstić information content (AvgIpc) is 1.72. The van der Waals surface area contributed by atoms with E-state index in [1.165, 1.54) is 114 Å². The fraction of sp³-hybridized carbons (Fsp3) is 0.0312. The third-order valence-corrected chi connectivity index (χ3v) is 26.7. The molecule has 0 radical (unpaired) electrons. The molecule has 1 aliphatic rings. The van der Waals surface area contributed by atoms with E-state index in [1.54, 1.807) is 0 Å². The van der Waals surface area contributed by atoms with Crippen LogP contribution in [0.5, 0.6) is 0 Å². The summed E-state index contributed by atoms with van der Waals surface area (Å²) in [6.07, 6.45) is 5.02. The van der Waals surface area contributed by atoms with E-state index >= 15 is 0 Å². The van der Waals surface area contributed by atoms with E-state index in [0.29, 0.717) is 0 Å². The van der Waals surface area contributed by atoms with Gasteiger partial charge in [-0.3, -0.25) is 4.99 Å². The number of aromatic nitrogens is 4. The zero-order chi connectivity index (χ0) is 68.0. The number of aliphatic imine (C=N–C) groups is 1. The molecule has 20 rings (SSSR count). The van der Waals surface area contributed by atoms with Crippen LogP contribution in [0, 0.1) is 0 Å². The SMILES string of the molecule is C1=C([Si](c2ccccc2)(c2ccccc2)c2ccc(Nc3ccc(-n4c5ccccc5c5ccccc54)cc3-c3cccc(-n4c5ccccc5c5ccccc54)c3)cc2)CCC(=Nc2ccc(-n3c4ccccc4c4ccccc43)cc2-c2cccc(-n3c4ccccc4c4ccccc43)c2)C1. The first-order valence-electron chi connectivity index (χ1n) is 35.8. The quantitative estimate of drug-likeness (QED) is 0.0907. The van der Waals surface area contributed by atoms with Gasteiger partial charge in [-0.2, -0.15) is 0 Å². The van der Waals surface area contributed by atoms with Crippen LogP contribution in [-0.4, -0.2) is 32.1 Å². The Bertz CT molecular complexity index is 6370. The van der Waals surface area contributed by atoms with Crippen molar-refractivity contribution in [2.75, 3.05) is 5.32 Å². The molecule has 1 N–H and O–H groups in total. The summed E-state index contributed by atoms with van der Waals surface area (Å²) >= 11 is 0. The van der Waals surface area contributed by atoms with E-state index in [4.69, 9.17) is 4.99 Å². The highest BCUT2D eigenvalue weighted by atomic mass is 28.3. The van der Waals surface area contributed by atoms with Gasteiger partial charge in [0.15, 0.2) is 8.07 Å². The molecule has 4 heterocycles. The van der Waals surface area contributed by atoms with Crippen molar-refractivity contribution in [1.29, 1.82) is 0 Å². The number of fused-ring (bicyclic) bond motifs is 12. The summed E-state index contributed by atoms with van der Waals surface area (Å²) in [4.78, 5) is 5.80. The second-order valence-corrected chi connectivity index (χ2v) is 31.2. The van der Waals surface area contributed by atoms with Crippen molar-refractivity contribution >= 4 is 134 Å². The molecule has 103 heavy (non-hydrogen) atoms. The normalized spacial score (nSPS) is 13.2. The van der Waals surface area contributed by atoms with Crippen LogP contribution in [0.15, 0.2) is 380 Å². The summed E-state index contributed by atoms with van der Waals surface area (Å²) < 4.78 is 9.68. The van der Waals surface area contributed by atoms with Crippen LogP contribution in [0.1, 0.15) is 19.3 Å². The summed E-state index contributed by atoms with van der Waals surface area (Å²) in [5, 5.41) is 19.5. The highest BCUT2D eigenvalue weighted by molar-refractivity contribution is 7.16. The van der Waals surface area contributed by atoms with E-state index in [9.17, 15) is 0 Å². The standard InChI is InChI=1S/C96H68N6Si/c1-3-29-73(30-4-1)103(74-31-5-2-6-32-74,75-55-49-67(50-56-75)97-87-59-53-71(101-93-45-19-11-37-81(93)82-38-12-20-46-94(82)101)63-85(87)65-25-23-27-69(61-65)99-89-41-15-7-33-77(89)78-34-8-16-42-90(78)99)76-57-51-68(52-58-76)98-88-60-54-72(102-95-47-21-13-39-83(95)84-40-14-22-48-96(84)102)64-86(88)66-26-24-28-70(62-66)100-91-43-17-9-35-79(91)80-36-10-18-44-92(80)100/h1-50,53-57,59-64,97H,51-52,58H2. The van der Waals surface area contributed by atoms with Crippen molar-refractivity contribution in [2.24, 2.45) is 4.99 Å². The van der Waals surface area contributed by atoms with Crippen molar-refractivity contribution in [3.8, 4) is 45.0 Å². The monoisotopic (exact) mass is 1330 g/mol. The Labute approximate surface area is 597 Å². The topological polar surface area (TPSA) is 44.1 Å². The Morgan fingerprint density at radius 1 is 0.272 bits per heavy atom. The molecule has 15 aromatic carbocycles. The average molecular weight is 1330 g/mol. The van der Waals surface area contributed by atoms with Crippen LogP contribution < -0.4 is 20.9 Å². The van der Waals surface area contributed by atoms with Crippen molar-refractivity contribution < 1.29 is 0 Å². The smallest absolute Gasteiger partial charge is 0.175 e. The molecule has 0 unspecified atom stereocenters. The number of nitrogens with one attached hydrogen (secondary N) is 1. The Hall–Kier alpha value is -13.1. The summed E-state index contributed by atoms with van der Waals surface area (Å²) in [6, 6.07) is 134. The van der Waals surface area contributed by atoms with E-state index in [-0.39, 0.29) is 0 Å². The molecule has 0 saturated heterocycles. The fourth-order valence-electron chi connectivity index (χ4n) is 17.2. The van der Waals surface area contributed by atoms with Gasteiger partial charge in [-0.25, -0.2) is 0 Å². The number of rotatable bonds is 13. The third-order valence-electron chi connectivity index (χ3n) is 21.7. The largest absolute Gasteiger partial charge is 0.355 e. The lowest BCUT2D eigenvalue weighted by Gasteiger charge is -2.38. The third kappa shape index (κ3) is 9.87. The van der Waals surface area contributed by atoms with Gasteiger partial charge < -0.3 is 23.6 Å². The molecule has 0 spiro atoms. The van der Waals surface area contributed by atoms with E-state index in [0.717, 1.165) is 81.3 Å². The zero-order valence-electron chi connectivity index (χ0n) is 56.6. The van der Waals surface area contributed by atoms with E-state index < -0.39 is 8.07 Å². The minimum absolute atomic E-state index is 0.740. The molecular weight excluding hydrogens is 1270 g/mol. The zero-order valence-corrected chi connectivity index (χ0v) is 57.6. The molecule has 486 valence electrons. The van der Waals surface area contributed by atoms with Crippen molar-refractivity contribution in [2.45, 2.75) is 19.3 Å². The molecule has 7 heteroatoms. The molecule has 0 fully saturated rings. The van der Waals surface area contributed by atoms with Gasteiger partial charge in [-0.05, 0) is 161 Å². The molecular formula is C96H68N6Si. The molecule has 1 aliphatic carbocycles. The minimum atomic E-state index is -2.93. The molecule has 0 amide bonds. The lowest BCUT2D eigenvalue weighted by molar-refractivity contribution is 0.999. The lowest BCUT2D eigenvalue weighted by Crippen LogP contribution is -2.68. The minimum Gasteiger partial charge on any atom is -0.355 e. The summed E-state index contributed by atoms with van der Waals surface area (Å²) in [5.41, 5.74) is 22.5. The summed E-state index contributed by atoms with van der Waals surface area (Å²) in [7, 11) is -2.93. The maximum absolute atomic E-state index is 5.80. The van der Waals surface area contributed by atoms with Gasteiger partial charge >= 0.3 is 0 Å². The van der Waals surface area contributed by atoms with Gasteiger partial charge in [0.05, 0.1) is 49.8 Å².